The molecule has 1 saturated heterocycles. The van der Waals surface area contributed by atoms with E-state index < -0.39 is 5.41 Å². The van der Waals surface area contributed by atoms with Crippen LogP contribution >= 0.6 is 0 Å². The topological polar surface area (TPSA) is 61.6 Å². The summed E-state index contributed by atoms with van der Waals surface area (Å²) >= 11 is 0. The van der Waals surface area contributed by atoms with Gasteiger partial charge in [-0.15, -0.1) is 0 Å². The van der Waals surface area contributed by atoms with Gasteiger partial charge in [0.1, 0.15) is 6.10 Å². The zero-order valence-corrected chi connectivity index (χ0v) is 9.74. The Morgan fingerprint density at radius 3 is 2.69 bits per heavy atom. The van der Waals surface area contributed by atoms with E-state index in [0.717, 1.165) is 32.1 Å². The first-order valence-electron chi connectivity index (χ1n) is 6.26. The molecule has 1 aliphatic heterocycles. The summed E-state index contributed by atoms with van der Waals surface area (Å²) in [5.74, 6) is -0.0924. The molecule has 0 aromatic heterocycles. The van der Waals surface area contributed by atoms with Gasteiger partial charge in [0.05, 0.1) is 18.6 Å². The van der Waals surface area contributed by atoms with Crippen molar-refractivity contribution >= 4 is 5.97 Å². The van der Waals surface area contributed by atoms with E-state index in [4.69, 9.17) is 15.2 Å². The zero-order chi connectivity index (χ0) is 11.4. The maximum atomic E-state index is 12.1. The Hall–Kier alpha value is -0.610. The quantitative estimate of drug-likeness (QED) is 0.737. The lowest BCUT2D eigenvalue weighted by Crippen LogP contribution is -2.43. The molecule has 1 heterocycles. The van der Waals surface area contributed by atoms with Crippen molar-refractivity contribution in [1.29, 1.82) is 0 Å². The highest BCUT2D eigenvalue weighted by molar-refractivity contribution is 5.77. The molecule has 2 aliphatic rings. The summed E-state index contributed by atoms with van der Waals surface area (Å²) in [5, 5.41) is 0. The Morgan fingerprint density at radius 1 is 1.38 bits per heavy atom. The van der Waals surface area contributed by atoms with Crippen molar-refractivity contribution in [3.8, 4) is 0 Å². The summed E-state index contributed by atoms with van der Waals surface area (Å²) in [6.45, 7) is 1.67. The van der Waals surface area contributed by atoms with Crippen molar-refractivity contribution in [3.05, 3.63) is 0 Å². The Morgan fingerprint density at radius 2 is 2.12 bits per heavy atom. The third-order valence-corrected chi connectivity index (χ3v) is 3.80. The van der Waals surface area contributed by atoms with Gasteiger partial charge in [-0.2, -0.15) is 0 Å². The van der Waals surface area contributed by atoms with Gasteiger partial charge >= 0.3 is 5.97 Å². The van der Waals surface area contributed by atoms with E-state index in [1.807, 2.05) is 0 Å². The normalized spacial score (nSPS) is 28.9. The number of carbonyl (C=O) groups is 1. The number of hydrogen-bond donors (Lipinski definition) is 1. The van der Waals surface area contributed by atoms with Gasteiger partial charge in [-0.25, -0.2) is 0 Å². The van der Waals surface area contributed by atoms with Gasteiger partial charge in [0.15, 0.2) is 0 Å². The van der Waals surface area contributed by atoms with Crippen LogP contribution in [0.1, 0.15) is 38.5 Å². The van der Waals surface area contributed by atoms with Gasteiger partial charge < -0.3 is 15.2 Å². The van der Waals surface area contributed by atoms with Crippen molar-refractivity contribution in [2.24, 2.45) is 11.1 Å². The molecule has 0 spiro atoms. The summed E-state index contributed by atoms with van der Waals surface area (Å²) in [6.07, 6.45) is 5.94. The Balaban J connectivity index is 1.94. The second kappa shape index (κ2) is 5.15. The smallest absolute Gasteiger partial charge is 0.313 e. The molecule has 0 radical (unpaired) electrons. The molecule has 92 valence electrons. The maximum absolute atomic E-state index is 12.1. The molecule has 1 atom stereocenters. The van der Waals surface area contributed by atoms with Crippen LogP contribution in [0.2, 0.25) is 0 Å². The first-order valence-corrected chi connectivity index (χ1v) is 6.26. The number of carbonyl (C=O) groups excluding carboxylic acids is 1. The summed E-state index contributed by atoms with van der Waals surface area (Å²) in [4.78, 5) is 12.1. The van der Waals surface area contributed by atoms with Gasteiger partial charge in [0.2, 0.25) is 0 Å². The molecule has 4 nitrogen and oxygen atoms in total. The minimum absolute atomic E-state index is 0.0437. The highest BCUT2D eigenvalue weighted by Crippen LogP contribution is 2.37. The number of esters is 1. The lowest BCUT2D eigenvalue weighted by Gasteiger charge is -2.34. The van der Waals surface area contributed by atoms with Crippen molar-refractivity contribution in [2.75, 3.05) is 19.8 Å². The fraction of sp³-hybridized carbons (Fsp3) is 0.917. The van der Waals surface area contributed by atoms with E-state index >= 15 is 0 Å². The van der Waals surface area contributed by atoms with Crippen LogP contribution in [0, 0.1) is 5.41 Å². The average molecular weight is 227 g/mol. The molecular formula is C12H21NO3. The van der Waals surface area contributed by atoms with Gasteiger partial charge in [0.25, 0.3) is 0 Å². The molecule has 2 fully saturated rings. The van der Waals surface area contributed by atoms with E-state index in [1.54, 1.807) is 0 Å². The molecule has 1 unspecified atom stereocenters. The molecule has 1 aliphatic carbocycles. The monoisotopic (exact) mass is 227 g/mol. The van der Waals surface area contributed by atoms with Crippen LogP contribution in [0.15, 0.2) is 0 Å². The molecule has 0 aromatic carbocycles. The molecule has 16 heavy (non-hydrogen) atoms. The van der Waals surface area contributed by atoms with Crippen LogP contribution in [0.25, 0.3) is 0 Å². The fourth-order valence-corrected chi connectivity index (χ4v) is 2.60. The fourth-order valence-electron chi connectivity index (χ4n) is 2.60. The highest BCUT2D eigenvalue weighted by Gasteiger charge is 2.41. The van der Waals surface area contributed by atoms with Crippen LogP contribution in [0.3, 0.4) is 0 Å². The van der Waals surface area contributed by atoms with Crippen molar-refractivity contribution in [2.45, 2.75) is 44.6 Å². The molecule has 0 aromatic rings. The van der Waals surface area contributed by atoms with Crippen molar-refractivity contribution < 1.29 is 14.3 Å². The number of rotatable bonds is 3. The predicted molar refractivity (Wildman–Crippen MR) is 59.9 cm³/mol. The summed E-state index contributed by atoms with van der Waals surface area (Å²) in [6, 6.07) is 0. The molecule has 4 heteroatoms. The van der Waals surface area contributed by atoms with Gasteiger partial charge in [-0.05, 0) is 12.8 Å². The van der Waals surface area contributed by atoms with Crippen LogP contribution in [0.5, 0.6) is 0 Å². The van der Waals surface area contributed by atoms with Gasteiger partial charge in [-0.3, -0.25) is 4.79 Å². The Kier molecular flexibility index (Phi) is 3.82. The first-order chi connectivity index (χ1) is 7.77. The molecule has 0 amide bonds. The zero-order valence-electron chi connectivity index (χ0n) is 9.74. The Bertz CT molecular complexity index is 243. The highest BCUT2D eigenvalue weighted by atomic mass is 16.6. The molecule has 1 saturated carbocycles. The number of hydrogen-bond acceptors (Lipinski definition) is 4. The second-order valence-corrected chi connectivity index (χ2v) is 4.94. The van der Waals surface area contributed by atoms with Crippen LogP contribution in [-0.4, -0.2) is 31.8 Å². The molecule has 2 N–H and O–H groups in total. The van der Waals surface area contributed by atoms with E-state index in [1.165, 1.54) is 6.42 Å². The average Bonchev–Trinajstić information content (AvgIpc) is 2.82. The van der Waals surface area contributed by atoms with Crippen LogP contribution in [0.4, 0.5) is 0 Å². The van der Waals surface area contributed by atoms with E-state index in [9.17, 15) is 4.79 Å². The summed E-state index contributed by atoms with van der Waals surface area (Å²) in [5.41, 5.74) is 5.38. The number of ether oxygens (including phenoxy) is 2. The van der Waals surface area contributed by atoms with Crippen molar-refractivity contribution in [1.82, 2.24) is 0 Å². The van der Waals surface area contributed by atoms with Crippen LogP contribution in [-0.2, 0) is 14.3 Å². The minimum atomic E-state index is -0.402. The first kappa shape index (κ1) is 11.9. The van der Waals surface area contributed by atoms with Crippen LogP contribution < -0.4 is 5.73 Å². The summed E-state index contributed by atoms with van der Waals surface area (Å²) < 4.78 is 10.7. The van der Waals surface area contributed by atoms with E-state index in [0.29, 0.717) is 19.8 Å². The SMILES string of the molecule is NCC1(C(=O)OC2CCOC2)CCCCC1. The second-order valence-electron chi connectivity index (χ2n) is 4.94. The third-order valence-electron chi connectivity index (χ3n) is 3.80. The van der Waals surface area contributed by atoms with Gasteiger partial charge in [-0.1, -0.05) is 19.3 Å². The van der Waals surface area contributed by atoms with Crippen molar-refractivity contribution in [3.63, 3.8) is 0 Å². The Labute approximate surface area is 96.5 Å². The van der Waals surface area contributed by atoms with E-state index in [2.05, 4.69) is 0 Å². The standard InChI is InChI=1S/C12H21NO3/c13-9-12(5-2-1-3-6-12)11(14)16-10-4-7-15-8-10/h10H,1-9,13H2. The lowest BCUT2D eigenvalue weighted by molar-refractivity contribution is -0.163. The molecular weight excluding hydrogens is 206 g/mol. The molecule has 0 bridgehead atoms. The predicted octanol–water partition coefficient (Wildman–Crippen LogP) is 1.23. The van der Waals surface area contributed by atoms with Gasteiger partial charge in [0, 0.05) is 13.0 Å². The number of nitrogens with two attached hydrogens (primary N) is 1. The largest absolute Gasteiger partial charge is 0.459 e. The summed E-state index contributed by atoms with van der Waals surface area (Å²) in [7, 11) is 0. The lowest BCUT2D eigenvalue weighted by atomic mass is 9.74. The van der Waals surface area contributed by atoms with E-state index in [-0.39, 0.29) is 12.1 Å². The third kappa shape index (κ3) is 2.38. The molecule has 2 rings (SSSR count). The maximum Gasteiger partial charge on any atom is 0.313 e. The minimum Gasteiger partial charge on any atom is -0.459 e.